The minimum atomic E-state index is -0.478. The molecule has 2 aromatic heterocycles. The summed E-state index contributed by atoms with van der Waals surface area (Å²) in [7, 11) is 1.53. The first kappa shape index (κ1) is 14.0. The minimum Gasteiger partial charge on any atom is -0.382 e. The molecule has 1 N–H and O–H groups in total. The van der Waals surface area contributed by atoms with E-state index in [9.17, 15) is 4.79 Å². The van der Waals surface area contributed by atoms with E-state index in [-0.39, 0.29) is 12.5 Å². The molecule has 0 radical (unpaired) electrons. The summed E-state index contributed by atoms with van der Waals surface area (Å²) in [5.74, 6) is 2.15. The van der Waals surface area contributed by atoms with E-state index < -0.39 is 6.04 Å². The average Bonchev–Trinajstić information content (AvgIpc) is 2.82. The van der Waals surface area contributed by atoms with Crippen LogP contribution in [0.1, 0.15) is 21.7 Å². The largest absolute Gasteiger partial charge is 0.382 e. The first-order valence-corrected chi connectivity index (χ1v) is 6.14. The fourth-order valence-corrected chi connectivity index (χ4v) is 1.96. The Labute approximate surface area is 117 Å². The number of terminal acetylenes is 1. The predicted octanol–water partition coefficient (Wildman–Crippen LogP) is 0.724. The molecule has 0 aromatic carbocycles. The molecule has 2 heterocycles. The van der Waals surface area contributed by atoms with Crippen molar-refractivity contribution in [1.29, 1.82) is 0 Å². The summed E-state index contributed by atoms with van der Waals surface area (Å²) in [4.78, 5) is 16.6. The Hall–Kier alpha value is -2.39. The van der Waals surface area contributed by atoms with Crippen molar-refractivity contribution in [1.82, 2.24) is 19.9 Å². The first-order chi connectivity index (χ1) is 9.56. The molecule has 20 heavy (non-hydrogen) atoms. The molecule has 0 saturated carbocycles. The summed E-state index contributed by atoms with van der Waals surface area (Å²) in [6.45, 7) is 4.04. The highest BCUT2D eigenvalue weighted by Gasteiger charge is 2.17. The Bertz CT molecular complexity index is 684. The summed E-state index contributed by atoms with van der Waals surface area (Å²) < 4.78 is 6.57. The zero-order valence-corrected chi connectivity index (χ0v) is 11.7. The average molecular weight is 272 g/mol. The van der Waals surface area contributed by atoms with Crippen molar-refractivity contribution in [2.24, 2.45) is 0 Å². The quantitative estimate of drug-likeness (QED) is 0.833. The van der Waals surface area contributed by atoms with Crippen LogP contribution in [-0.4, -0.2) is 40.3 Å². The van der Waals surface area contributed by atoms with Crippen LogP contribution in [-0.2, 0) is 4.74 Å². The number of hydrogen-bond acceptors (Lipinski definition) is 4. The van der Waals surface area contributed by atoms with E-state index >= 15 is 0 Å². The molecule has 0 fully saturated rings. The van der Waals surface area contributed by atoms with E-state index in [0.717, 1.165) is 11.4 Å². The van der Waals surface area contributed by atoms with Gasteiger partial charge in [0.05, 0.1) is 12.8 Å². The van der Waals surface area contributed by atoms with Gasteiger partial charge in [-0.1, -0.05) is 5.92 Å². The second-order valence-corrected chi connectivity index (χ2v) is 4.48. The Balaban J connectivity index is 2.34. The maximum absolute atomic E-state index is 12.2. The van der Waals surface area contributed by atoms with Gasteiger partial charge >= 0.3 is 0 Å². The summed E-state index contributed by atoms with van der Waals surface area (Å²) in [6, 6.07) is 1.42. The van der Waals surface area contributed by atoms with E-state index in [4.69, 9.17) is 11.2 Å². The van der Waals surface area contributed by atoms with Crippen LogP contribution in [0.15, 0.2) is 12.3 Å². The van der Waals surface area contributed by atoms with Crippen LogP contribution in [0.25, 0.3) is 5.65 Å². The zero-order valence-electron chi connectivity index (χ0n) is 11.7. The van der Waals surface area contributed by atoms with E-state index in [2.05, 4.69) is 21.3 Å². The first-order valence-electron chi connectivity index (χ1n) is 6.14. The lowest BCUT2D eigenvalue weighted by atomic mass is 10.2. The van der Waals surface area contributed by atoms with E-state index in [1.807, 2.05) is 19.9 Å². The van der Waals surface area contributed by atoms with Gasteiger partial charge in [-0.2, -0.15) is 5.10 Å². The third-order valence-electron chi connectivity index (χ3n) is 2.86. The van der Waals surface area contributed by atoms with Gasteiger partial charge in [0.1, 0.15) is 11.6 Å². The highest BCUT2D eigenvalue weighted by molar-refractivity contribution is 6.00. The molecule has 6 nitrogen and oxygen atoms in total. The topological polar surface area (TPSA) is 68.5 Å². The van der Waals surface area contributed by atoms with Gasteiger partial charge in [-0.15, -0.1) is 6.42 Å². The number of rotatable bonds is 4. The fraction of sp³-hybridized carbons (Fsp3) is 0.357. The maximum atomic E-state index is 12.2. The van der Waals surface area contributed by atoms with Crippen LogP contribution in [0.5, 0.6) is 0 Å². The molecular weight excluding hydrogens is 256 g/mol. The highest BCUT2D eigenvalue weighted by Crippen LogP contribution is 2.11. The molecule has 1 amide bonds. The molecule has 2 rings (SSSR count). The molecule has 1 atom stereocenters. The highest BCUT2D eigenvalue weighted by atomic mass is 16.5. The van der Waals surface area contributed by atoms with Crippen molar-refractivity contribution in [3.05, 3.63) is 29.2 Å². The number of carbonyl (C=O) groups excluding carboxylic acids is 1. The van der Waals surface area contributed by atoms with Crippen molar-refractivity contribution in [2.75, 3.05) is 13.7 Å². The van der Waals surface area contributed by atoms with Crippen LogP contribution < -0.4 is 5.32 Å². The Kier molecular flexibility index (Phi) is 4.01. The van der Waals surface area contributed by atoms with Gasteiger partial charge in [-0.25, -0.2) is 9.50 Å². The second kappa shape index (κ2) is 5.72. The number of methoxy groups -OCH3 is 1. The van der Waals surface area contributed by atoms with Gasteiger partial charge in [-0.05, 0) is 19.9 Å². The molecular formula is C14H16N4O2. The number of aryl methyl sites for hydroxylation is 2. The Morgan fingerprint density at radius 2 is 2.35 bits per heavy atom. The smallest absolute Gasteiger partial charge is 0.257 e. The number of fused-ring (bicyclic) bond motifs is 1. The van der Waals surface area contributed by atoms with Crippen LogP contribution in [0, 0.1) is 26.2 Å². The number of nitrogens with one attached hydrogen (secondary N) is 1. The van der Waals surface area contributed by atoms with Gasteiger partial charge < -0.3 is 10.1 Å². The Morgan fingerprint density at radius 1 is 1.60 bits per heavy atom. The van der Waals surface area contributed by atoms with Crippen molar-refractivity contribution in [3.8, 4) is 12.3 Å². The number of ether oxygens (including phenoxy) is 1. The van der Waals surface area contributed by atoms with E-state index in [1.165, 1.54) is 13.3 Å². The number of aromatic nitrogens is 3. The maximum Gasteiger partial charge on any atom is 0.257 e. The van der Waals surface area contributed by atoms with Crippen LogP contribution in [0.4, 0.5) is 0 Å². The summed E-state index contributed by atoms with van der Waals surface area (Å²) in [5.41, 5.74) is 2.66. The number of amides is 1. The SMILES string of the molecule is C#CC(COC)NC(=O)c1cnn2c(C)cc(C)nc12. The third kappa shape index (κ3) is 2.63. The van der Waals surface area contributed by atoms with Gasteiger partial charge in [0.15, 0.2) is 5.65 Å². The molecule has 0 bridgehead atoms. The van der Waals surface area contributed by atoms with Crippen molar-refractivity contribution in [2.45, 2.75) is 19.9 Å². The van der Waals surface area contributed by atoms with Crippen molar-refractivity contribution < 1.29 is 9.53 Å². The summed E-state index contributed by atoms with van der Waals surface area (Å²) in [5, 5.41) is 6.88. The van der Waals surface area contributed by atoms with Crippen molar-refractivity contribution >= 4 is 11.6 Å². The lowest BCUT2D eigenvalue weighted by molar-refractivity contribution is 0.0920. The lowest BCUT2D eigenvalue weighted by Crippen LogP contribution is -2.36. The Morgan fingerprint density at radius 3 is 3.00 bits per heavy atom. The normalized spacial score (nSPS) is 12.1. The molecule has 2 aromatic rings. The monoisotopic (exact) mass is 272 g/mol. The van der Waals surface area contributed by atoms with Crippen LogP contribution >= 0.6 is 0 Å². The molecule has 6 heteroatoms. The van der Waals surface area contributed by atoms with E-state index in [0.29, 0.717) is 11.2 Å². The summed E-state index contributed by atoms with van der Waals surface area (Å²) in [6.07, 6.45) is 6.83. The fourth-order valence-electron chi connectivity index (χ4n) is 1.96. The van der Waals surface area contributed by atoms with E-state index in [1.54, 1.807) is 4.52 Å². The standard InChI is InChI=1S/C14H16N4O2/c1-5-11(8-20-4)17-14(19)12-7-15-18-10(3)6-9(2)16-13(12)18/h1,6-7,11H,8H2,2-4H3,(H,17,19). The van der Waals surface area contributed by atoms with Gasteiger partial charge in [-0.3, -0.25) is 4.79 Å². The van der Waals surface area contributed by atoms with Crippen molar-refractivity contribution in [3.63, 3.8) is 0 Å². The molecule has 104 valence electrons. The number of hydrogen-bond donors (Lipinski definition) is 1. The summed E-state index contributed by atoms with van der Waals surface area (Å²) >= 11 is 0. The van der Waals surface area contributed by atoms with Gasteiger partial charge in [0, 0.05) is 18.5 Å². The minimum absolute atomic E-state index is 0.257. The second-order valence-electron chi connectivity index (χ2n) is 4.48. The van der Waals surface area contributed by atoms with Gasteiger partial charge in [0.2, 0.25) is 0 Å². The molecule has 0 saturated heterocycles. The van der Waals surface area contributed by atoms with Crippen LogP contribution in [0.3, 0.4) is 0 Å². The predicted molar refractivity (Wildman–Crippen MR) is 74.4 cm³/mol. The number of carbonyl (C=O) groups is 1. The molecule has 0 aliphatic rings. The lowest BCUT2D eigenvalue weighted by Gasteiger charge is -2.11. The third-order valence-corrected chi connectivity index (χ3v) is 2.86. The molecule has 0 aliphatic carbocycles. The van der Waals surface area contributed by atoms with Gasteiger partial charge in [0.25, 0.3) is 5.91 Å². The molecule has 0 aliphatic heterocycles. The zero-order chi connectivity index (χ0) is 14.7. The number of nitrogens with zero attached hydrogens (tertiary/aromatic N) is 3. The molecule has 0 spiro atoms. The molecule has 1 unspecified atom stereocenters. The van der Waals surface area contributed by atoms with Crippen LogP contribution in [0.2, 0.25) is 0 Å².